The summed E-state index contributed by atoms with van der Waals surface area (Å²) in [5.41, 5.74) is -0.867. The number of benzene rings is 3. The molecule has 2 N–H and O–H groups in total. The minimum absolute atomic E-state index is 0.00723. The van der Waals surface area contributed by atoms with Crippen molar-refractivity contribution in [3.05, 3.63) is 105 Å². The van der Waals surface area contributed by atoms with Gasteiger partial charge < -0.3 is 15.0 Å². The SMILES string of the molecule is O=c1c(C2=CS(=O)(=O)c3ccccc3N2)c(O)c2cc(F)ccc2n1Cc1ccc(F)c(F)c1. The van der Waals surface area contributed by atoms with Gasteiger partial charge in [-0.25, -0.2) is 21.6 Å². The van der Waals surface area contributed by atoms with Crippen LogP contribution >= 0.6 is 0 Å². The van der Waals surface area contributed by atoms with Crippen molar-refractivity contribution >= 4 is 32.1 Å². The average molecular weight is 484 g/mol. The van der Waals surface area contributed by atoms with E-state index >= 15 is 0 Å². The van der Waals surface area contributed by atoms with Crippen LogP contribution in [0.15, 0.2) is 75.8 Å². The number of aromatic nitrogens is 1. The van der Waals surface area contributed by atoms with Gasteiger partial charge >= 0.3 is 0 Å². The molecule has 0 saturated heterocycles. The van der Waals surface area contributed by atoms with Crippen LogP contribution in [0.2, 0.25) is 0 Å². The topological polar surface area (TPSA) is 88.4 Å². The highest BCUT2D eigenvalue weighted by molar-refractivity contribution is 7.94. The van der Waals surface area contributed by atoms with Crippen LogP contribution in [0.4, 0.5) is 18.9 Å². The number of nitrogens with zero attached hydrogens (tertiary/aromatic N) is 1. The summed E-state index contributed by atoms with van der Waals surface area (Å²) < 4.78 is 67.9. The molecule has 0 bridgehead atoms. The van der Waals surface area contributed by atoms with Crippen molar-refractivity contribution in [3.63, 3.8) is 0 Å². The van der Waals surface area contributed by atoms with E-state index in [9.17, 15) is 31.5 Å². The maximum Gasteiger partial charge on any atom is 0.264 e. The molecule has 4 aromatic rings. The highest BCUT2D eigenvalue weighted by Gasteiger charge is 2.28. The molecule has 3 aromatic carbocycles. The third-order valence-electron chi connectivity index (χ3n) is 5.53. The number of pyridine rings is 1. The minimum atomic E-state index is -3.97. The lowest BCUT2D eigenvalue weighted by molar-refractivity contribution is 0.476. The number of nitrogens with one attached hydrogen (secondary N) is 1. The fourth-order valence-electron chi connectivity index (χ4n) is 3.97. The van der Waals surface area contributed by atoms with E-state index in [0.29, 0.717) is 0 Å². The second-order valence-corrected chi connectivity index (χ2v) is 9.49. The first-order valence-corrected chi connectivity index (χ1v) is 11.5. The van der Waals surface area contributed by atoms with Gasteiger partial charge in [0.25, 0.3) is 5.56 Å². The first kappa shape index (κ1) is 21.8. The molecule has 6 nitrogen and oxygen atoms in total. The van der Waals surface area contributed by atoms with E-state index in [1.807, 2.05) is 0 Å². The van der Waals surface area contributed by atoms with Crippen LogP contribution < -0.4 is 10.9 Å². The van der Waals surface area contributed by atoms with E-state index in [1.54, 1.807) is 12.1 Å². The van der Waals surface area contributed by atoms with Crippen LogP contribution in [0.1, 0.15) is 11.1 Å². The first-order chi connectivity index (χ1) is 16.2. The fourth-order valence-corrected chi connectivity index (χ4v) is 5.27. The molecule has 0 unspecified atom stereocenters. The largest absolute Gasteiger partial charge is 0.506 e. The highest BCUT2D eigenvalue weighted by atomic mass is 32.2. The number of halogens is 3. The summed E-state index contributed by atoms with van der Waals surface area (Å²) in [5, 5.41) is 14.5. The summed E-state index contributed by atoms with van der Waals surface area (Å²) in [7, 11) is -3.97. The lowest BCUT2D eigenvalue weighted by Gasteiger charge is -2.21. The Morgan fingerprint density at radius 2 is 1.71 bits per heavy atom. The number of para-hydroxylation sites is 1. The van der Waals surface area contributed by atoms with Gasteiger partial charge in [0.05, 0.1) is 33.7 Å². The van der Waals surface area contributed by atoms with Gasteiger partial charge in [-0.15, -0.1) is 0 Å². The summed E-state index contributed by atoms with van der Waals surface area (Å²) in [6.45, 7) is -0.248. The van der Waals surface area contributed by atoms with Crippen LogP contribution in [0.3, 0.4) is 0 Å². The van der Waals surface area contributed by atoms with Crippen molar-refractivity contribution in [1.29, 1.82) is 0 Å². The van der Waals surface area contributed by atoms with Crippen LogP contribution in [0.5, 0.6) is 5.75 Å². The molecule has 2 heterocycles. The number of sulfone groups is 1. The molecule has 34 heavy (non-hydrogen) atoms. The Morgan fingerprint density at radius 3 is 2.47 bits per heavy atom. The van der Waals surface area contributed by atoms with Crippen molar-refractivity contribution in [2.45, 2.75) is 11.4 Å². The molecule has 0 spiro atoms. The van der Waals surface area contributed by atoms with Crippen molar-refractivity contribution < 1.29 is 26.7 Å². The third-order valence-corrected chi connectivity index (χ3v) is 7.05. The van der Waals surface area contributed by atoms with E-state index in [1.165, 1.54) is 24.3 Å². The van der Waals surface area contributed by atoms with E-state index in [4.69, 9.17) is 0 Å². The number of hydrogen-bond donors (Lipinski definition) is 2. The van der Waals surface area contributed by atoms with Crippen molar-refractivity contribution in [3.8, 4) is 5.75 Å². The van der Waals surface area contributed by atoms with Gasteiger partial charge in [-0.2, -0.15) is 0 Å². The molecular weight excluding hydrogens is 469 g/mol. The number of aromatic hydroxyl groups is 1. The molecule has 1 aliphatic rings. The maximum absolute atomic E-state index is 14.1. The van der Waals surface area contributed by atoms with Crippen molar-refractivity contribution in [2.24, 2.45) is 0 Å². The zero-order valence-corrected chi connectivity index (χ0v) is 18.0. The van der Waals surface area contributed by atoms with E-state index in [0.717, 1.165) is 34.2 Å². The highest BCUT2D eigenvalue weighted by Crippen LogP contribution is 2.37. The summed E-state index contributed by atoms with van der Waals surface area (Å²) in [4.78, 5) is 13.5. The van der Waals surface area contributed by atoms with Gasteiger partial charge in [-0.3, -0.25) is 4.79 Å². The average Bonchev–Trinajstić information content (AvgIpc) is 2.79. The molecule has 0 radical (unpaired) electrons. The number of fused-ring (bicyclic) bond motifs is 2. The maximum atomic E-state index is 14.1. The Morgan fingerprint density at radius 1 is 0.941 bits per heavy atom. The van der Waals surface area contributed by atoms with Crippen LogP contribution in [-0.4, -0.2) is 18.1 Å². The summed E-state index contributed by atoms with van der Waals surface area (Å²) >= 11 is 0. The number of anilines is 1. The Labute approximate surface area is 191 Å². The predicted molar refractivity (Wildman–Crippen MR) is 121 cm³/mol. The zero-order valence-electron chi connectivity index (χ0n) is 17.2. The standard InChI is InChI=1S/C24H15F3N2O4S/c25-14-6-8-20-15(10-14)23(30)22(19-12-34(32,33)21-4-2-1-3-18(21)28-19)24(31)29(20)11-13-5-7-16(26)17(27)9-13/h1-10,12,28,30H,11H2. The lowest BCUT2D eigenvalue weighted by atomic mass is 10.1. The minimum Gasteiger partial charge on any atom is -0.506 e. The lowest BCUT2D eigenvalue weighted by Crippen LogP contribution is -2.27. The first-order valence-electron chi connectivity index (χ1n) is 9.98. The van der Waals surface area contributed by atoms with Crippen LogP contribution in [0, 0.1) is 17.5 Å². The smallest absolute Gasteiger partial charge is 0.264 e. The Bertz CT molecular complexity index is 1700. The quantitative estimate of drug-likeness (QED) is 0.451. The molecule has 1 aromatic heterocycles. The Balaban J connectivity index is 1.77. The number of rotatable bonds is 3. The third kappa shape index (κ3) is 3.52. The molecule has 0 saturated carbocycles. The Kier molecular flexibility index (Phi) is 4.98. The molecule has 172 valence electrons. The van der Waals surface area contributed by atoms with Crippen LogP contribution in [0.25, 0.3) is 16.6 Å². The molecule has 10 heteroatoms. The molecule has 1 aliphatic heterocycles. The van der Waals surface area contributed by atoms with Gasteiger partial charge in [-0.05, 0) is 48.0 Å². The zero-order chi connectivity index (χ0) is 24.2. The van der Waals surface area contributed by atoms with E-state index in [2.05, 4.69) is 5.32 Å². The van der Waals surface area contributed by atoms with Gasteiger partial charge in [0, 0.05) is 5.39 Å². The van der Waals surface area contributed by atoms with Gasteiger partial charge in [0.1, 0.15) is 17.1 Å². The second kappa shape index (κ2) is 7.77. The fraction of sp³-hybridized carbons (Fsp3) is 0.0417. The molecule has 0 aliphatic carbocycles. The van der Waals surface area contributed by atoms with E-state index < -0.39 is 44.2 Å². The molecule has 0 amide bonds. The monoisotopic (exact) mass is 484 g/mol. The van der Waals surface area contributed by atoms with Gasteiger partial charge in [0.15, 0.2) is 11.6 Å². The second-order valence-electron chi connectivity index (χ2n) is 7.72. The van der Waals surface area contributed by atoms with E-state index in [-0.39, 0.29) is 39.3 Å². The Hall–Kier alpha value is -4.05. The summed E-state index contributed by atoms with van der Waals surface area (Å²) in [6, 6.07) is 12.5. The molecular formula is C24H15F3N2O4S. The summed E-state index contributed by atoms with van der Waals surface area (Å²) in [6.07, 6.45) is 0. The van der Waals surface area contributed by atoms with Crippen molar-refractivity contribution in [2.75, 3.05) is 5.32 Å². The van der Waals surface area contributed by atoms with Crippen LogP contribution in [-0.2, 0) is 16.4 Å². The van der Waals surface area contributed by atoms with Gasteiger partial charge in [-0.1, -0.05) is 18.2 Å². The number of hydrogen-bond acceptors (Lipinski definition) is 5. The van der Waals surface area contributed by atoms with Crippen molar-refractivity contribution in [1.82, 2.24) is 4.57 Å². The molecule has 0 atom stereocenters. The normalized spacial score (nSPS) is 14.4. The molecule has 5 rings (SSSR count). The summed E-state index contributed by atoms with van der Waals surface area (Å²) in [5.74, 6) is -3.49. The molecule has 0 fully saturated rings. The predicted octanol–water partition coefficient (Wildman–Crippen LogP) is 4.37. The van der Waals surface area contributed by atoms with Gasteiger partial charge in [0.2, 0.25) is 9.84 Å².